The Balaban J connectivity index is 2.15. The average molecular weight is 391 g/mol. The van der Waals surface area contributed by atoms with Crippen LogP contribution in [0.1, 0.15) is 38.7 Å². The van der Waals surface area contributed by atoms with Gasteiger partial charge in [-0.1, -0.05) is 37.8 Å². The Hall–Kier alpha value is -2.43. The number of nitrogens with zero attached hydrogens (tertiary/aromatic N) is 1. The van der Waals surface area contributed by atoms with Gasteiger partial charge in [-0.05, 0) is 23.6 Å². The van der Waals surface area contributed by atoms with Gasteiger partial charge in [0, 0.05) is 25.3 Å². The van der Waals surface area contributed by atoms with Crippen LogP contribution < -0.4 is 0 Å². The van der Waals surface area contributed by atoms with Gasteiger partial charge in [-0.3, -0.25) is 9.59 Å². The summed E-state index contributed by atoms with van der Waals surface area (Å²) in [6.07, 6.45) is -2.68. The predicted octanol–water partition coefficient (Wildman–Crippen LogP) is 1.79. The summed E-state index contributed by atoms with van der Waals surface area (Å²) in [5.74, 6) is 4.23. The van der Waals surface area contributed by atoms with E-state index in [0.29, 0.717) is 13.0 Å². The maximum atomic E-state index is 13.1. The van der Waals surface area contributed by atoms with Gasteiger partial charge in [0.25, 0.3) is 0 Å². The van der Waals surface area contributed by atoms with Crippen molar-refractivity contribution in [1.29, 1.82) is 0 Å². The van der Waals surface area contributed by atoms with E-state index in [4.69, 9.17) is 5.11 Å². The molecule has 1 saturated heterocycles. The Bertz CT molecular complexity index is 752. The van der Waals surface area contributed by atoms with Crippen molar-refractivity contribution in [3.05, 3.63) is 35.6 Å². The average Bonchev–Trinajstić information content (AvgIpc) is 2.90. The summed E-state index contributed by atoms with van der Waals surface area (Å²) >= 11 is 0. The number of amides is 1. The first-order chi connectivity index (χ1) is 13.2. The topological polar surface area (TPSA) is 98.1 Å². The van der Waals surface area contributed by atoms with Crippen molar-refractivity contribution in [2.45, 2.75) is 57.9 Å². The molecule has 4 atom stereocenters. The van der Waals surface area contributed by atoms with E-state index in [1.54, 1.807) is 17.0 Å². The molecule has 28 heavy (non-hydrogen) atoms. The molecule has 2 rings (SSSR count). The highest BCUT2D eigenvalue weighted by molar-refractivity contribution is 5.80. The smallest absolute Gasteiger partial charge is 0.305 e. The van der Waals surface area contributed by atoms with Crippen LogP contribution in [0.4, 0.5) is 4.39 Å². The van der Waals surface area contributed by atoms with Gasteiger partial charge in [0.15, 0.2) is 0 Å². The Morgan fingerprint density at radius 2 is 1.93 bits per heavy atom. The number of halogens is 1. The van der Waals surface area contributed by atoms with Gasteiger partial charge in [0.05, 0.1) is 18.6 Å². The summed E-state index contributed by atoms with van der Waals surface area (Å²) in [4.78, 5) is 24.8. The van der Waals surface area contributed by atoms with Crippen LogP contribution in [0.2, 0.25) is 0 Å². The molecular formula is C21H26FNO5. The Morgan fingerprint density at radius 3 is 2.50 bits per heavy atom. The Morgan fingerprint density at radius 1 is 1.29 bits per heavy atom. The molecule has 1 amide bonds. The number of hydrogen-bond acceptors (Lipinski definition) is 4. The quantitative estimate of drug-likeness (QED) is 0.616. The second-order valence-corrected chi connectivity index (χ2v) is 7.50. The molecule has 152 valence electrons. The number of aliphatic carboxylic acids is 1. The zero-order chi connectivity index (χ0) is 20.8. The SMILES string of the molecule is CC(C)[C@@H]1CC(=O)N(Cc2ccc(F)cc2)[C@H]1C#C[C@@H](O)C[C@@H](O)CC(=O)O. The number of carbonyl (C=O) groups is 2. The molecule has 7 heteroatoms. The van der Waals surface area contributed by atoms with Crippen molar-refractivity contribution >= 4 is 11.9 Å². The fourth-order valence-electron chi connectivity index (χ4n) is 3.36. The van der Waals surface area contributed by atoms with Crippen LogP contribution in [0.5, 0.6) is 0 Å². The number of aliphatic hydroxyl groups excluding tert-OH is 2. The van der Waals surface area contributed by atoms with Crippen LogP contribution in [-0.2, 0) is 16.1 Å². The van der Waals surface area contributed by atoms with Crippen molar-refractivity contribution in [3.8, 4) is 11.8 Å². The van der Waals surface area contributed by atoms with E-state index in [0.717, 1.165) is 5.56 Å². The fourth-order valence-corrected chi connectivity index (χ4v) is 3.36. The van der Waals surface area contributed by atoms with Crippen molar-refractivity contribution in [1.82, 2.24) is 4.90 Å². The first-order valence-corrected chi connectivity index (χ1v) is 9.30. The third-order valence-corrected chi connectivity index (χ3v) is 4.90. The maximum absolute atomic E-state index is 13.1. The number of carboxylic acids is 1. The highest BCUT2D eigenvalue weighted by Crippen LogP contribution is 2.32. The molecule has 1 heterocycles. The number of benzene rings is 1. The molecule has 0 spiro atoms. The minimum atomic E-state index is -1.19. The molecule has 0 aromatic heterocycles. The van der Waals surface area contributed by atoms with Crippen LogP contribution in [0.25, 0.3) is 0 Å². The number of hydrogen-bond donors (Lipinski definition) is 3. The second kappa shape index (κ2) is 9.67. The molecule has 1 aliphatic rings. The molecule has 1 aromatic rings. The van der Waals surface area contributed by atoms with Gasteiger partial charge in [-0.25, -0.2) is 4.39 Å². The van der Waals surface area contributed by atoms with E-state index < -0.39 is 30.6 Å². The van der Waals surface area contributed by atoms with Crippen LogP contribution in [0, 0.1) is 29.5 Å². The Kier molecular flexibility index (Phi) is 7.55. The summed E-state index contributed by atoms with van der Waals surface area (Å²) in [7, 11) is 0. The maximum Gasteiger partial charge on any atom is 0.305 e. The van der Waals surface area contributed by atoms with E-state index in [9.17, 15) is 24.2 Å². The van der Waals surface area contributed by atoms with E-state index in [-0.39, 0.29) is 30.0 Å². The lowest BCUT2D eigenvalue weighted by atomic mass is 9.88. The zero-order valence-electron chi connectivity index (χ0n) is 16.0. The molecule has 1 fully saturated rings. The molecule has 6 nitrogen and oxygen atoms in total. The summed E-state index contributed by atoms with van der Waals surface area (Å²) in [6.45, 7) is 4.29. The minimum absolute atomic E-state index is 0.0170. The van der Waals surface area contributed by atoms with Crippen molar-refractivity contribution in [2.24, 2.45) is 11.8 Å². The van der Waals surface area contributed by atoms with E-state index in [2.05, 4.69) is 11.8 Å². The zero-order valence-corrected chi connectivity index (χ0v) is 16.0. The van der Waals surface area contributed by atoms with E-state index in [1.807, 2.05) is 13.8 Å². The Labute approximate surface area is 164 Å². The first kappa shape index (κ1) is 21.9. The standard InChI is InChI=1S/C21H26FNO5/c1-13(2)18-11-20(26)23(12-14-3-5-15(22)6-4-14)19(18)8-7-16(24)9-17(25)10-21(27)28/h3-6,13,16-19,24-25H,9-12H2,1-2H3,(H,27,28)/t16-,17-,18+,19+/m1/s1. The van der Waals surface area contributed by atoms with E-state index >= 15 is 0 Å². The molecule has 0 bridgehead atoms. The lowest BCUT2D eigenvalue weighted by Gasteiger charge is -2.26. The van der Waals surface area contributed by atoms with Gasteiger partial charge in [-0.15, -0.1) is 0 Å². The molecule has 0 aliphatic carbocycles. The number of aliphatic hydroxyl groups is 2. The molecule has 1 aromatic carbocycles. The molecule has 0 saturated carbocycles. The first-order valence-electron chi connectivity index (χ1n) is 9.30. The summed E-state index contributed by atoms with van der Waals surface area (Å²) in [6, 6.07) is 5.50. The summed E-state index contributed by atoms with van der Waals surface area (Å²) < 4.78 is 13.1. The van der Waals surface area contributed by atoms with E-state index in [1.165, 1.54) is 12.1 Å². The van der Waals surface area contributed by atoms with Crippen molar-refractivity contribution < 1.29 is 29.3 Å². The normalized spacial score (nSPS) is 21.4. The van der Waals surface area contributed by atoms with Gasteiger partial charge in [0.2, 0.25) is 5.91 Å². The number of carboxylic acid groups (broad SMARTS) is 1. The van der Waals surface area contributed by atoms with Crippen LogP contribution >= 0.6 is 0 Å². The molecular weight excluding hydrogens is 365 g/mol. The summed E-state index contributed by atoms with van der Waals surface area (Å²) in [5.41, 5.74) is 0.781. The second-order valence-electron chi connectivity index (χ2n) is 7.50. The lowest BCUT2D eigenvalue weighted by Crippen LogP contribution is -2.35. The number of likely N-dealkylation sites (tertiary alicyclic amines) is 1. The highest BCUT2D eigenvalue weighted by atomic mass is 19.1. The van der Waals surface area contributed by atoms with Crippen molar-refractivity contribution in [2.75, 3.05) is 0 Å². The lowest BCUT2D eigenvalue weighted by molar-refractivity contribution is -0.139. The number of carbonyl (C=O) groups excluding carboxylic acids is 1. The monoisotopic (exact) mass is 391 g/mol. The van der Waals surface area contributed by atoms with Gasteiger partial charge in [-0.2, -0.15) is 0 Å². The van der Waals surface area contributed by atoms with Gasteiger partial charge >= 0.3 is 5.97 Å². The third kappa shape index (κ3) is 6.04. The van der Waals surface area contributed by atoms with Gasteiger partial charge in [0.1, 0.15) is 11.9 Å². The molecule has 0 radical (unpaired) electrons. The summed E-state index contributed by atoms with van der Waals surface area (Å²) in [5, 5.41) is 28.3. The minimum Gasteiger partial charge on any atom is -0.481 e. The molecule has 1 aliphatic heterocycles. The molecule has 0 unspecified atom stereocenters. The van der Waals surface area contributed by atoms with Crippen LogP contribution in [0.3, 0.4) is 0 Å². The third-order valence-electron chi connectivity index (χ3n) is 4.90. The molecule has 3 N–H and O–H groups in total. The van der Waals surface area contributed by atoms with Crippen molar-refractivity contribution in [3.63, 3.8) is 0 Å². The largest absolute Gasteiger partial charge is 0.481 e. The predicted molar refractivity (Wildman–Crippen MR) is 100 cm³/mol. The fraction of sp³-hybridized carbons (Fsp3) is 0.524. The highest BCUT2D eigenvalue weighted by Gasteiger charge is 2.40. The van der Waals surface area contributed by atoms with Gasteiger partial charge < -0.3 is 20.2 Å². The number of rotatable bonds is 7. The van der Waals surface area contributed by atoms with Crippen LogP contribution in [-0.4, -0.2) is 50.3 Å². The van der Waals surface area contributed by atoms with Crippen LogP contribution in [0.15, 0.2) is 24.3 Å².